The standard InChI is InChI=1S/C18H30N2/c1-14-11-18(2,3)12-16(14)19-17(13-20(4)5)15-9-7-6-8-10-15/h6-10,14,16-17,19H,11-13H2,1-5H3. The number of hydrogen-bond acceptors (Lipinski definition) is 2. The van der Waals surface area contributed by atoms with E-state index in [0.29, 0.717) is 17.5 Å². The average molecular weight is 274 g/mol. The highest BCUT2D eigenvalue weighted by Gasteiger charge is 2.37. The molecular weight excluding hydrogens is 244 g/mol. The van der Waals surface area contributed by atoms with Crippen molar-refractivity contribution in [1.29, 1.82) is 0 Å². The Bertz CT molecular complexity index is 411. The van der Waals surface area contributed by atoms with Crippen LogP contribution in [0.1, 0.15) is 45.2 Å². The van der Waals surface area contributed by atoms with Crippen molar-refractivity contribution in [3.8, 4) is 0 Å². The molecule has 1 saturated carbocycles. The third kappa shape index (κ3) is 4.07. The van der Waals surface area contributed by atoms with Gasteiger partial charge in [0.05, 0.1) is 0 Å². The summed E-state index contributed by atoms with van der Waals surface area (Å²) in [5.41, 5.74) is 1.88. The monoisotopic (exact) mass is 274 g/mol. The smallest absolute Gasteiger partial charge is 0.0451 e. The predicted octanol–water partition coefficient (Wildman–Crippen LogP) is 3.70. The highest BCUT2D eigenvalue weighted by molar-refractivity contribution is 5.19. The van der Waals surface area contributed by atoms with Crippen LogP contribution in [-0.4, -0.2) is 31.6 Å². The van der Waals surface area contributed by atoms with E-state index in [1.807, 2.05) is 0 Å². The minimum atomic E-state index is 0.424. The van der Waals surface area contributed by atoms with Crippen molar-refractivity contribution in [2.75, 3.05) is 20.6 Å². The van der Waals surface area contributed by atoms with Gasteiger partial charge in [0, 0.05) is 18.6 Å². The van der Waals surface area contributed by atoms with Gasteiger partial charge in [0.1, 0.15) is 0 Å². The van der Waals surface area contributed by atoms with Gasteiger partial charge in [-0.15, -0.1) is 0 Å². The molecule has 0 amide bonds. The summed E-state index contributed by atoms with van der Waals surface area (Å²) in [6, 6.07) is 11.9. The summed E-state index contributed by atoms with van der Waals surface area (Å²) in [5.74, 6) is 0.762. The van der Waals surface area contributed by atoms with Gasteiger partial charge >= 0.3 is 0 Å². The fourth-order valence-electron chi connectivity index (χ4n) is 3.68. The molecular formula is C18H30N2. The van der Waals surface area contributed by atoms with Crippen LogP contribution in [0.3, 0.4) is 0 Å². The molecule has 0 spiro atoms. The zero-order valence-corrected chi connectivity index (χ0v) is 13.7. The van der Waals surface area contributed by atoms with Gasteiger partial charge in [-0.3, -0.25) is 0 Å². The van der Waals surface area contributed by atoms with E-state index < -0.39 is 0 Å². The lowest BCUT2D eigenvalue weighted by atomic mass is 9.91. The lowest BCUT2D eigenvalue weighted by Crippen LogP contribution is -2.39. The quantitative estimate of drug-likeness (QED) is 0.880. The predicted molar refractivity (Wildman–Crippen MR) is 86.8 cm³/mol. The summed E-state index contributed by atoms with van der Waals surface area (Å²) in [6.45, 7) is 8.24. The van der Waals surface area contributed by atoms with E-state index >= 15 is 0 Å². The van der Waals surface area contributed by atoms with Crippen molar-refractivity contribution in [2.24, 2.45) is 11.3 Å². The van der Waals surface area contributed by atoms with Crippen molar-refractivity contribution < 1.29 is 0 Å². The highest BCUT2D eigenvalue weighted by atomic mass is 15.1. The largest absolute Gasteiger partial charge is 0.308 e. The Morgan fingerprint density at radius 2 is 1.85 bits per heavy atom. The van der Waals surface area contributed by atoms with Gasteiger partial charge in [-0.05, 0) is 43.8 Å². The van der Waals surface area contributed by atoms with Gasteiger partial charge in [-0.1, -0.05) is 51.1 Å². The minimum Gasteiger partial charge on any atom is -0.308 e. The Morgan fingerprint density at radius 3 is 2.35 bits per heavy atom. The lowest BCUT2D eigenvalue weighted by molar-refractivity contribution is 0.295. The molecule has 1 N–H and O–H groups in total. The van der Waals surface area contributed by atoms with Crippen molar-refractivity contribution in [3.05, 3.63) is 35.9 Å². The van der Waals surface area contributed by atoms with Crippen LogP contribution >= 0.6 is 0 Å². The maximum absolute atomic E-state index is 3.93. The summed E-state index contributed by atoms with van der Waals surface area (Å²) in [4.78, 5) is 2.27. The van der Waals surface area contributed by atoms with Crippen LogP contribution in [0.5, 0.6) is 0 Å². The maximum Gasteiger partial charge on any atom is 0.0451 e. The molecule has 1 aromatic rings. The maximum atomic E-state index is 3.93. The summed E-state index contributed by atoms with van der Waals surface area (Å²) in [7, 11) is 4.30. The molecule has 0 aromatic heterocycles. The Hall–Kier alpha value is -0.860. The average Bonchev–Trinajstić information content (AvgIpc) is 2.62. The van der Waals surface area contributed by atoms with Crippen molar-refractivity contribution in [1.82, 2.24) is 10.2 Å². The third-order valence-electron chi connectivity index (χ3n) is 4.50. The van der Waals surface area contributed by atoms with Crippen LogP contribution in [0, 0.1) is 11.3 Å². The van der Waals surface area contributed by atoms with Crippen molar-refractivity contribution >= 4 is 0 Å². The van der Waals surface area contributed by atoms with Crippen LogP contribution in [-0.2, 0) is 0 Å². The fourth-order valence-corrected chi connectivity index (χ4v) is 3.68. The third-order valence-corrected chi connectivity index (χ3v) is 4.50. The van der Waals surface area contributed by atoms with Crippen LogP contribution in [0.15, 0.2) is 30.3 Å². The van der Waals surface area contributed by atoms with Crippen LogP contribution in [0.4, 0.5) is 0 Å². The van der Waals surface area contributed by atoms with E-state index in [9.17, 15) is 0 Å². The number of benzene rings is 1. The van der Waals surface area contributed by atoms with E-state index in [0.717, 1.165) is 12.5 Å². The summed E-state index contributed by atoms with van der Waals surface area (Å²) in [5, 5.41) is 3.93. The van der Waals surface area contributed by atoms with Gasteiger partial charge in [0.25, 0.3) is 0 Å². The molecule has 0 bridgehead atoms. The molecule has 0 radical (unpaired) electrons. The van der Waals surface area contributed by atoms with Gasteiger partial charge in [0.15, 0.2) is 0 Å². The molecule has 1 aromatic carbocycles. The van der Waals surface area contributed by atoms with E-state index in [1.165, 1.54) is 18.4 Å². The van der Waals surface area contributed by atoms with Crippen LogP contribution in [0.2, 0.25) is 0 Å². The SMILES string of the molecule is CC1CC(C)(C)CC1NC(CN(C)C)c1ccccc1. The molecule has 1 aliphatic rings. The Balaban J connectivity index is 2.09. The lowest BCUT2D eigenvalue weighted by Gasteiger charge is -2.28. The topological polar surface area (TPSA) is 15.3 Å². The van der Waals surface area contributed by atoms with Gasteiger partial charge < -0.3 is 10.2 Å². The van der Waals surface area contributed by atoms with E-state index in [2.05, 4.69) is 75.4 Å². The summed E-state index contributed by atoms with van der Waals surface area (Å²) < 4.78 is 0. The molecule has 2 rings (SSSR count). The summed E-state index contributed by atoms with van der Waals surface area (Å²) in [6.07, 6.45) is 2.61. The molecule has 0 saturated heterocycles. The molecule has 1 fully saturated rings. The van der Waals surface area contributed by atoms with Crippen molar-refractivity contribution in [2.45, 2.75) is 45.7 Å². The van der Waals surface area contributed by atoms with E-state index in [4.69, 9.17) is 0 Å². The van der Waals surface area contributed by atoms with Gasteiger partial charge in [-0.25, -0.2) is 0 Å². The van der Waals surface area contributed by atoms with Crippen LogP contribution < -0.4 is 5.32 Å². The molecule has 3 atom stereocenters. The zero-order chi connectivity index (χ0) is 14.8. The Morgan fingerprint density at radius 1 is 1.20 bits per heavy atom. The molecule has 0 aliphatic heterocycles. The first kappa shape index (κ1) is 15.5. The summed E-state index contributed by atoms with van der Waals surface area (Å²) >= 11 is 0. The second-order valence-corrected chi connectivity index (χ2v) is 7.55. The molecule has 112 valence electrons. The van der Waals surface area contributed by atoms with Gasteiger partial charge in [-0.2, -0.15) is 0 Å². The second-order valence-electron chi connectivity index (χ2n) is 7.55. The normalized spacial score (nSPS) is 26.9. The van der Waals surface area contributed by atoms with Crippen LogP contribution in [0.25, 0.3) is 0 Å². The van der Waals surface area contributed by atoms with Gasteiger partial charge in [0.2, 0.25) is 0 Å². The van der Waals surface area contributed by atoms with Crippen molar-refractivity contribution in [3.63, 3.8) is 0 Å². The number of rotatable bonds is 5. The molecule has 2 nitrogen and oxygen atoms in total. The zero-order valence-electron chi connectivity index (χ0n) is 13.7. The highest BCUT2D eigenvalue weighted by Crippen LogP contribution is 2.41. The van der Waals surface area contributed by atoms with E-state index in [-0.39, 0.29) is 0 Å². The van der Waals surface area contributed by atoms with E-state index in [1.54, 1.807) is 0 Å². The first-order chi connectivity index (χ1) is 9.37. The number of nitrogens with one attached hydrogen (secondary N) is 1. The molecule has 3 unspecified atom stereocenters. The second kappa shape index (κ2) is 6.28. The number of hydrogen-bond donors (Lipinski definition) is 1. The molecule has 20 heavy (non-hydrogen) atoms. The number of likely N-dealkylation sites (N-methyl/N-ethyl adjacent to an activating group) is 1. The first-order valence-electron chi connectivity index (χ1n) is 7.83. The number of nitrogens with zero attached hydrogens (tertiary/aromatic N) is 1. The minimum absolute atomic E-state index is 0.424. The molecule has 1 aliphatic carbocycles. The first-order valence-corrected chi connectivity index (χ1v) is 7.83. The Labute approximate surface area is 124 Å². The molecule has 2 heteroatoms. The fraction of sp³-hybridized carbons (Fsp3) is 0.667. The Kier molecular flexibility index (Phi) is 4.87. The molecule has 0 heterocycles.